The zero-order valence-corrected chi connectivity index (χ0v) is 8.84. The molecule has 0 amide bonds. The molecule has 0 saturated heterocycles. The summed E-state index contributed by atoms with van der Waals surface area (Å²) >= 11 is 0. The van der Waals surface area contributed by atoms with Crippen molar-refractivity contribution in [2.75, 3.05) is 13.2 Å². The van der Waals surface area contributed by atoms with E-state index in [-0.39, 0.29) is 12.1 Å². The van der Waals surface area contributed by atoms with Gasteiger partial charge in [0.1, 0.15) is 6.61 Å². The highest BCUT2D eigenvalue weighted by Crippen LogP contribution is 2.01. The molecule has 3 nitrogen and oxygen atoms in total. The highest BCUT2D eigenvalue weighted by Gasteiger charge is 2.07. The predicted octanol–water partition coefficient (Wildman–Crippen LogP) is 2.14. The van der Waals surface area contributed by atoms with Gasteiger partial charge in [-0.3, -0.25) is 4.79 Å². The van der Waals surface area contributed by atoms with E-state index in [9.17, 15) is 4.79 Å². The summed E-state index contributed by atoms with van der Waals surface area (Å²) in [4.78, 5) is 10.5. The van der Waals surface area contributed by atoms with Crippen LogP contribution in [0.15, 0.2) is 0 Å². The lowest BCUT2D eigenvalue weighted by atomic mass is 10.3. The Labute approximate surface area is 80.4 Å². The molecule has 0 rings (SSSR count). The molecule has 0 aliphatic rings. The van der Waals surface area contributed by atoms with Gasteiger partial charge in [0.25, 0.3) is 0 Å². The molecule has 0 fully saturated rings. The minimum absolute atomic E-state index is 0.0652. The molecule has 0 aromatic rings. The molecule has 78 valence electrons. The Morgan fingerprint density at radius 1 is 1.38 bits per heavy atom. The summed E-state index contributed by atoms with van der Waals surface area (Å²) in [6.07, 6.45) is 3.15. The number of unbranched alkanes of at least 4 members (excludes halogenated alkanes) is 1. The third-order valence-corrected chi connectivity index (χ3v) is 1.78. The first-order valence-electron chi connectivity index (χ1n) is 4.95. The molecule has 0 aliphatic heterocycles. The van der Waals surface area contributed by atoms with E-state index in [0.717, 1.165) is 25.9 Å². The number of hydrogen-bond acceptors (Lipinski definition) is 3. The van der Waals surface area contributed by atoms with Crippen molar-refractivity contribution in [1.82, 2.24) is 0 Å². The molecule has 1 atom stereocenters. The zero-order valence-electron chi connectivity index (χ0n) is 8.84. The Bertz CT molecular complexity index is 134. The Morgan fingerprint density at radius 3 is 2.54 bits per heavy atom. The average molecular weight is 188 g/mol. The van der Waals surface area contributed by atoms with Crippen molar-refractivity contribution in [1.29, 1.82) is 0 Å². The van der Waals surface area contributed by atoms with Gasteiger partial charge in [0, 0.05) is 13.5 Å². The smallest absolute Gasteiger partial charge is 0.302 e. The van der Waals surface area contributed by atoms with Gasteiger partial charge in [-0.25, -0.2) is 0 Å². The summed E-state index contributed by atoms with van der Waals surface area (Å²) in [5.41, 5.74) is 0. The van der Waals surface area contributed by atoms with E-state index in [1.807, 2.05) is 6.92 Å². The van der Waals surface area contributed by atoms with Crippen LogP contribution in [-0.2, 0) is 14.3 Å². The molecule has 3 heteroatoms. The van der Waals surface area contributed by atoms with Crippen LogP contribution in [0.4, 0.5) is 0 Å². The van der Waals surface area contributed by atoms with Crippen LogP contribution in [0.1, 0.15) is 40.0 Å². The summed E-state index contributed by atoms with van der Waals surface area (Å²) in [6, 6.07) is 0. The summed E-state index contributed by atoms with van der Waals surface area (Å²) in [7, 11) is 0. The molecule has 13 heavy (non-hydrogen) atoms. The quantitative estimate of drug-likeness (QED) is 0.453. The van der Waals surface area contributed by atoms with Gasteiger partial charge in [-0.05, 0) is 12.8 Å². The SMILES string of the molecule is CCCCOC(CC)COC(C)=O. The molecule has 0 radical (unpaired) electrons. The van der Waals surface area contributed by atoms with Gasteiger partial charge in [-0.15, -0.1) is 0 Å². The van der Waals surface area contributed by atoms with Crippen molar-refractivity contribution in [3.8, 4) is 0 Å². The number of ether oxygens (including phenoxy) is 2. The van der Waals surface area contributed by atoms with E-state index < -0.39 is 0 Å². The standard InChI is InChI=1S/C10H20O3/c1-4-6-7-12-10(5-2)8-13-9(3)11/h10H,4-8H2,1-3H3. The van der Waals surface area contributed by atoms with E-state index in [1.165, 1.54) is 6.92 Å². The maximum absolute atomic E-state index is 10.5. The van der Waals surface area contributed by atoms with Crippen molar-refractivity contribution in [2.45, 2.75) is 46.1 Å². The van der Waals surface area contributed by atoms with Crippen molar-refractivity contribution < 1.29 is 14.3 Å². The van der Waals surface area contributed by atoms with Crippen LogP contribution in [-0.4, -0.2) is 25.3 Å². The van der Waals surface area contributed by atoms with Crippen LogP contribution in [0, 0.1) is 0 Å². The van der Waals surface area contributed by atoms with Crippen molar-refractivity contribution >= 4 is 5.97 Å². The Balaban J connectivity index is 3.45. The lowest BCUT2D eigenvalue weighted by Crippen LogP contribution is -2.21. The van der Waals surface area contributed by atoms with Gasteiger partial charge in [0.2, 0.25) is 0 Å². The second kappa shape index (κ2) is 8.05. The van der Waals surface area contributed by atoms with Gasteiger partial charge in [0.15, 0.2) is 0 Å². The maximum Gasteiger partial charge on any atom is 0.302 e. The predicted molar refractivity (Wildman–Crippen MR) is 51.6 cm³/mol. The summed E-state index contributed by atoms with van der Waals surface area (Å²) in [6.45, 7) is 6.71. The van der Waals surface area contributed by atoms with Gasteiger partial charge >= 0.3 is 5.97 Å². The second-order valence-electron chi connectivity index (χ2n) is 3.06. The van der Waals surface area contributed by atoms with Crippen LogP contribution in [0.3, 0.4) is 0 Å². The average Bonchev–Trinajstić information content (AvgIpc) is 2.10. The summed E-state index contributed by atoms with van der Waals surface area (Å²) in [5.74, 6) is -0.238. The Kier molecular flexibility index (Phi) is 7.69. The van der Waals surface area contributed by atoms with Crippen LogP contribution in [0.25, 0.3) is 0 Å². The summed E-state index contributed by atoms with van der Waals surface area (Å²) in [5, 5.41) is 0. The Morgan fingerprint density at radius 2 is 2.08 bits per heavy atom. The van der Waals surface area contributed by atoms with Crippen LogP contribution in [0.2, 0.25) is 0 Å². The molecule has 1 unspecified atom stereocenters. The number of carbonyl (C=O) groups is 1. The van der Waals surface area contributed by atoms with E-state index in [0.29, 0.717) is 6.61 Å². The monoisotopic (exact) mass is 188 g/mol. The minimum Gasteiger partial charge on any atom is -0.463 e. The van der Waals surface area contributed by atoms with Crippen molar-refractivity contribution in [2.24, 2.45) is 0 Å². The fourth-order valence-electron chi connectivity index (χ4n) is 0.888. The normalized spacial score (nSPS) is 12.5. The van der Waals surface area contributed by atoms with Gasteiger partial charge < -0.3 is 9.47 Å². The molecule has 0 bridgehead atoms. The lowest BCUT2D eigenvalue weighted by Gasteiger charge is -2.15. The molecular formula is C10H20O3. The molecule has 0 N–H and O–H groups in total. The first kappa shape index (κ1) is 12.4. The fraction of sp³-hybridized carbons (Fsp3) is 0.900. The largest absolute Gasteiger partial charge is 0.463 e. The molecule has 0 heterocycles. The molecule has 0 aromatic heterocycles. The topological polar surface area (TPSA) is 35.5 Å². The second-order valence-corrected chi connectivity index (χ2v) is 3.06. The fourth-order valence-corrected chi connectivity index (χ4v) is 0.888. The van der Waals surface area contributed by atoms with Crippen molar-refractivity contribution in [3.63, 3.8) is 0 Å². The minimum atomic E-state index is -0.238. The lowest BCUT2D eigenvalue weighted by molar-refractivity contribution is -0.145. The number of rotatable bonds is 7. The number of carbonyl (C=O) groups excluding carboxylic acids is 1. The molecule has 0 spiro atoms. The zero-order chi connectivity index (χ0) is 10.1. The van der Waals surface area contributed by atoms with Crippen LogP contribution < -0.4 is 0 Å². The number of esters is 1. The number of hydrogen-bond donors (Lipinski definition) is 0. The van der Waals surface area contributed by atoms with Gasteiger partial charge in [-0.2, -0.15) is 0 Å². The highest BCUT2D eigenvalue weighted by atomic mass is 16.6. The third kappa shape index (κ3) is 7.78. The maximum atomic E-state index is 10.5. The van der Waals surface area contributed by atoms with Gasteiger partial charge in [0.05, 0.1) is 6.10 Å². The first-order chi connectivity index (χ1) is 6.20. The van der Waals surface area contributed by atoms with Crippen molar-refractivity contribution in [3.05, 3.63) is 0 Å². The van der Waals surface area contributed by atoms with E-state index in [4.69, 9.17) is 9.47 Å². The van der Waals surface area contributed by atoms with E-state index in [2.05, 4.69) is 6.92 Å². The molecule has 0 aliphatic carbocycles. The van der Waals surface area contributed by atoms with Crippen LogP contribution >= 0.6 is 0 Å². The van der Waals surface area contributed by atoms with Crippen LogP contribution in [0.5, 0.6) is 0 Å². The van der Waals surface area contributed by atoms with Gasteiger partial charge in [-0.1, -0.05) is 20.3 Å². The molecular weight excluding hydrogens is 168 g/mol. The van der Waals surface area contributed by atoms with E-state index >= 15 is 0 Å². The Hall–Kier alpha value is -0.570. The first-order valence-corrected chi connectivity index (χ1v) is 4.95. The highest BCUT2D eigenvalue weighted by molar-refractivity contribution is 5.65. The summed E-state index contributed by atoms with van der Waals surface area (Å²) < 4.78 is 10.4. The molecule has 0 saturated carbocycles. The molecule has 0 aromatic carbocycles. The third-order valence-electron chi connectivity index (χ3n) is 1.78. The van der Waals surface area contributed by atoms with E-state index in [1.54, 1.807) is 0 Å².